The van der Waals surface area contributed by atoms with Gasteiger partial charge in [-0.25, -0.2) is 4.79 Å². The normalized spacial score (nSPS) is 15.6. The van der Waals surface area contributed by atoms with E-state index in [2.05, 4.69) is 0 Å². The number of nitrogens with two attached hydrogens (primary N) is 1. The Balaban J connectivity index is 2.21. The number of hydrogen-bond acceptors (Lipinski definition) is 4. The van der Waals surface area contributed by atoms with Crippen LogP contribution in [0.2, 0.25) is 0 Å². The molecule has 1 saturated heterocycles. The van der Waals surface area contributed by atoms with Crippen LogP contribution in [-0.4, -0.2) is 25.3 Å². The van der Waals surface area contributed by atoms with Gasteiger partial charge in [-0.05, 0) is 37.1 Å². The lowest BCUT2D eigenvalue weighted by Crippen LogP contribution is -2.38. The van der Waals surface area contributed by atoms with Crippen molar-refractivity contribution in [2.24, 2.45) is 0 Å². The number of carbonyl (C=O) groups is 1. The maximum Gasteiger partial charge on any atom is 0.338 e. The van der Waals surface area contributed by atoms with Crippen LogP contribution in [0.1, 0.15) is 21.5 Å². The first-order valence-electron chi connectivity index (χ1n) is 5.23. The van der Waals surface area contributed by atoms with Crippen molar-refractivity contribution in [3.8, 4) is 0 Å². The van der Waals surface area contributed by atoms with Crippen molar-refractivity contribution in [3.05, 3.63) is 28.8 Å². The number of esters is 1. The molecule has 86 valence electrons. The second-order valence-electron chi connectivity index (χ2n) is 4.08. The summed E-state index contributed by atoms with van der Waals surface area (Å²) in [5.74, 6) is -0.318. The summed E-state index contributed by atoms with van der Waals surface area (Å²) in [6.45, 7) is 4.80. The molecule has 0 saturated carbocycles. The average molecular weight is 221 g/mol. The number of benzene rings is 1. The standard InChI is InChI=1S/C12H15NO3/c1-7-3-9(13)4-11(8(7)2)12(14)16-10-5-15-6-10/h3-4,10H,5-6,13H2,1-2H3. The Morgan fingerprint density at radius 2 is 2.12 bits per heavy atom. The zero-order chi connectivity index (χ0) is 11.7. The van der Waals surface area contributed by atoms with Gasteiger partial charge in [0.1, 0.15) is 6.10 Å². The van der Waals surface area contributed by atoms with Gasteiger partial charge in [0.15, 0.2) is 0 Å². The molecular weight excluding hydrogens is 206 g/mol. The van der Waals surface area contributed by atoms with Gasteiger partial charge in [-0.2, -0.15) is 0 Å². The van der Waals surface area contributed by atoms with E-state index in [1.165, 1.54) is 0 Å². The lowest BCUT2D eigenvalue weighted by atomic mass is 10.0. The summed E-state index contributed by atoms with van der Waals surface area (Å²) in [5.41, 5.74) is 8.75. The Morgan fingerprint density at radius 1 is 1.44 bits per heavy atom. The summed E-state index contributed by atoms with van der Waals surface area (Å²) in [4.78, 5) is 11.8. The molecule has 16 heavy (non-hydrogen) atoms. The van der Waals surface area contributed by atoms with Crippen molar-refractivity contribution in [1.82, 2.24) is 0 Å². The molecular formula is C12H15NO3. The van der Waals surface area contributed by atoms with Crippen molar-refractivity contribution in [2.45, 2.75) is 20.0 Å². The first kappa shape index (κ1) is 11.0. The van der Waals surface area contributed by atoms with Gasteiger partial charge in [0.25, 0.3) is 0 Å². The highest BCUT2D eigenvalue weighted by Crippen LogP contribution is 2.20. The molecule has 4 heteroatoms. The Kier molecular flexibility index (Phi) is 2.83. The molecule has 1 aliphatic rings. The summed E-state index contributed by atoms with van der Waals surface area (Å²) in [6, 6.07) is 3.50. The lowest BCUT2D eigenvalue weighted by Gasteiger charge is -2.26. The van der Waals surface area contributed by atoms with E-state index in [9.17, 15) is 4.79 Å². The van der Waals surface area contributed by atoms with Gasteiger partial charge in [-0.1, -0.05) is 0 Å². The quantitative estimate of drug-likeness (QED) is 0.606. The molecule has 0 aromatic heterocycles. The fraction of sp³-hybridized carbons (Fsp3) is 0.417. The molecule has 0 radical (unpaired) electrons. The molecule has 0 spiro atoms. The van der Waals surface area contributed by atoms with Crippen molar-refractivity contribution in [3.63, 3.8) is 0 Å². The SMILES string of the molecule is Cc1cc(N)cc(C(=O)OC2COC2)c1C. The molecule has 0 amide bonds. The molecule has 2 N–H and O–H groups in total. The molecule has 1 heterocycles. The van der Waals surface area contributed by atoms with Gasteiger partial charge in [-0.3, -0.25) is 0 Å². The highest BCUT2D eigenvalue weighted by atomic mass is 16.6. The number of nitrogen functional groups attached to an aromatic ring is 1. The molecule has 0 bridgehead atoms. The maximum atomic E-state index is 11.8. The Bertz CT molecular complexity index is 425. The van der Waals surface area contributed by atoms with E-state index in [0.717, 1.165) is 11.1 Å². The number of ether oxygens (including phenoxy) is 2. The smallest absolute Gasteiger partial charge is 0.338 e. The monoisotopic (exact) mass is 221 g/mol. The van der Waals surface area contributed by atoms with Crippen LogP contribution in [0.5, 0.6) is 0 Å². The van der Waals surface area contributed by atoms with Crippen LogP contribution in [-0.2, 0) is 9.47 Å². The summed E-state index contributed by atoms with van der Waals surface area (Å²) in [6.07, 6.45) is -0.103. The topological polar surface area (TPSA) is 61.6 Å². The van der Waals surface area contributed by atoms with Gasteiger partial charge in [-0.15, -0.1) is 0 Å². The largest absolute Gasteiger partial charge is 0.454 e. The third-order valence-corrected chi connectivity index (χ3v) is 2.79. The Morgan fingerprint density at radius 3 is 2.69 bits per heavy atom. The Hall–Kier alpha value is -1.55. The number of anilines is 1. The summed E-state index contributed by atoms with van der Waals surface area (Å²) in [7, 11) is 0. The molecule has 1 aliphatic heterocycles. The molecule has 2 rings (SSSR count). The van der Waals surface area contributed by atoms with Crippen LogP contribution in [0.4, 0.5) is 5.69 Å². The minimum atomic E-state index is -0.318. The van der Waals surface area contributed by atoms with Crippen LogP contribution in [0.3, 0.4) is 0 Å². The fourth-order valence-electron chi connectivity index (χ4n) is 1.60. The molecule has 4 nitrogen and oxygen atoms in total. The third-order valence-electron chi connectivity index (χ3n) is 2.79. The maximum absolute atomic E-state index is 11.8. The van der Waals surface area contributed by atoms with Gasteiger partial charge >= 0.3 is 5.97 Å². The van der Waals surface area contributed by atoms with E-state index < -0.39 is 0 Å². The van der Waals surface area contributed by atoms with E-state index in [-0.39, 0.29) is 12.1 Å². The van der Waals surface area contributed by atoms with Crippen LogP contribution in [0.15, 0.2) is 12.1 Å². The van der Waals surface area contributed by atoms with Crippen molar-refractivity contribution >= 4 is 11.7 Å². The highest BCUT2D eigenvalue weighted by Gasteiger charge is 2.24. The zero-order valence-electron chi connectivity index (χ0n) is 9.45. The molecule has 0 atom stereocenters. The van der Waals surface area contributed by atoms with Gasteiger partial charge in [0, 0.05) is 5.69 Å². The minimum absolute atomic E-state index is 0.103. The summed E-state index contributed by atoms with van der Waals surface area (Å²) in [5, 5.41) is 0. The molecule has 0 aliphatic carbocycles. The van der Waals surface area contributed by atoms with Crippen LogP contribution < -0.4 is 5.73 Å². The van der Waals surface area contributed by atoms with E-state index in [4.69, 9.17) is 15.2 Å². The minimum Gasteiger partial charge on any atom is -0.454 e. The second-order valence-corrected chi connectivity index (χ2v) is 4.08. The van der Waals surface area contributed by atoms with E-state index in [1.807, 2.05) is 19.9 Å². The predicted octanol–water partition coefficient (Wildman–Crippen LogP) is 1.44. The first-order valence-corrected chi connectivity index (χ1v) is 5.23. The fourth-order valence-corrected chi connectivity index (χ4v) is 1.60. The van der Waals surface area contributed by atoms with Crippen LogP contribution >= 0.6 is 0 Å². The first-order chi connectivity index (χ1) is 7.58. The van der Waals surface area contributed by atoms with Crippen LogP contribution in [0, 0.1) is 13.8 Å². The zero-order valence-corrected chi connectivity index (χ0v) is 9.45. The molecule has 1 aromatic carbocycles. The molecule has 1 fully saturated rings. The number of rotatable bonds is 2. The summed E-state index contributed by atoms with van der Waals surface area (Å²) >= 11 is 0. The van der Waals surface area contributed by atoms with Gasteiger partial charge in [0.05, 0.1) is 18.8 Å². The number of carbonyl (C=O) groups excluding carboxylic acids is 1. The lowest BCUT2D eigenvalue weighted by molar-refractivity contribution is -0.103. The van der Waals surface area contributed by atoms with Crippen LogP contribution in [0.25, 0.3) is 0 Å². The molecule has 0 unspecified atom stereocenters. The predicted molar refractivity (Wildman–Crippen MR) is 60.4 cm³/mol. The van der Waals surface area contributed by atoms with Crippen molar-refractivity contribution < 1.29 is 14.3 Å². The summed E-state index contributed by atoms with van der Waals surface area (Å²) < 4.78 is 10.2. The highest BCUT2D eigenvalue weighted by molar-refractivity contribution is 5.92. The van der Waals surface area contributed by atoms with E-state index in [0.29, 0.717) is 24.5 Å². The van der Waals surface area contributed by atoms with Crippen molar-refractivity contribution in [2.75, 3.05) is 18.9 Å². The number of aryl methyl sites for hydroxylation is 1. The van der Waals surface area contributed by atoms with E-state index in [1.54, 1.807) is 6.07 Å². The molecule has 1 aromatic rings. The Labute approximate surface area is 94.3 Å². The third kappa shape index (κ3) is 2.02. The second kappa shape index (κ2) is 4.14. The van der Waals surface area contributed by atoms with E-state index >= 15 is 0 Å². The van der Waals surface area contributed by atoms with Gasteiger partial charge in [0.2, 0.25) is 0 Å². The van der Waals surface area contributed by atoms with Crippen molar-refractivity contribution in [1.29, 1.82) is 0 Å². The average Bonchev–Trinajstić information content (AvgIpc) is 2.17. The van der Waals surface area contributed by atoms with Gasteiger partial charge < -0.3 is 15.2 Å². The number of hydrogen-bond donors (Lipinski definition) is 1.